The molecule has 0 unspecified atom stereocenters. The number of nitrogens with zero attached hydrogens (tertiary/aromatic N) is 2. The predicted molar refractivity (Wildman–Crippen MR) is 69.7 cm³/mol. The maximum Gasteiger partial charge on any atom is 0.299 e. The third kappa shape index (κ3) is 2.62. The number of nitrogens with two attached hydrogens (primary N) is 1. The van der Waals surface area contributed by atoms with Crippen LogP contribution < -0.4 is 10.5 Å². The molecule has 8 nitrogen and oxygen atoms in total. The molecule has 0 saturated carbocycles. The minimum Gasteiger partial charge on any atom is -0.408 e. The van der Waals surface area contributed by atoms with Crippen LogP contribution in [0.5, 0.6) is 5.88 Å². The van der Waals surface area contributed by atoms with Gasteiger partial charge in [-0.25, -0.2) is 0 Å². The Bertz CT molecular complexity index is 680. The Labute approximate surface area is 116 Å². The standard InChI is InChI=1S/C11H7N3O5S/c12-11-13-10(19-5-15)9(20-11)8(16)6-1-3-7(4-2-6)14(17)18/h1-5H,(H2,12,13). The fraction of sp³-hybridized carbons (Fsp3) is 0. The summed E-state index contributed by atoms with van der Waals surface area (Å²) in [4.78, 5) is 36.2. The highest BCUT2D eigenvalue weighted by Crippen LogP contribution is 2.29. The third-order valence-corrected chi connectivity index (χ3v) is 3.18. The number of non-ortho nitro benzene ring substituents is 1. The number of hydrogen-bond acceptors (Lipinski definition) is 8. The molecule has 0 radical (unpaired) electrons. The lowest BCUT2D eigenvalue weighted by Crippen LogP contribution is -2.02. The van der Waals surface area contributed by atoms with E-state index >= 15 is 0 Å². The summed E-state index contributed by atoms with van der Waals surface area (Å²) in [6, 6.07) is 5.03. The van der Waals surface area contributed by atoms with Crippen LogP contribution in [-0.4, -0.2) is 22.2 Å². The minimum absolute atomic E-state index is 0.0588. The lowest BCUT2D eigenvalue weighted by molar-refractivity contribution is -0.384. The van der Waals surface area contributed by atoms with Gasteiger partial charge in [-0.05, 0) is 12.1 Å². The van der Waals surface area contributed by atoms with Crippen LogP contribution in [0.25, 0.3) is 0 Å². The Morgan fingerprint density at radius 1 is 1.40 bits per heavy atom. The average molecular weight is 293 g/mol. The Hall–Kier alpha value is -2.81. The lowest BCUT2D eigenvalue weighted by atomic mass is 10.1. The Morgan fingerprint density at radius 2 is 2.05 bits per heavy atom. The number of carbonyl (C=O) groups is 2. The van der Waals surface area contributed by atoms with Crippen molar-refractivity contribution in [2.24, 2.45) is 0 Å². The molecule has 0 saturated heterocycles. The van der Waals surface area contributed by atoms with Gasteiger partial charge in [-0.3, -0.25) is 19.7 Å². The van der Waals surface area contributed by atoms with Gasteiger partial charge in [0.2, 0.25) is 11.7 Å². The van der Waals surface area contributed by atoms with Gasteiger partial charge >= 0.3 is 0 Å². The summed E-state index contributed by atoms with van der Waals surface area (Å²) in [5.41, 5.74) is 5.53. The highest BCUT2D eigenvalue weighted by molar-refractivity contribution is 7.17. The second-order valence-electron chi connectivity index (χ2n) is 3.53. The molecule has 0 amide bonds. The van der Waals surface area contributed by atoms with E-state index < -0.39 is 10.7 Å². The summed E-state index contributed by atoms with van der Waals surface area (Å²) >= 11 is 0.867. The van der Waals surface area contributed by atoms with Crippen LogP contribution in [0, 0.1) is 10.1 Å². The van der Waals surface area contributed by atoms with Crippen LogP contribution in [0.4, 0.5) is 10.8 Å². The van der Waals surface area contributed by atoms with Gasteiger partial charge in [-0.2, -0.15) is 4.98 Å². The molecule has 1 aromatic carbocycles. The summed E-state index contributed by atoms with van der Waals surface area (Å²) in [7, 11) is 0. The zero-order valence-electron chi connectivity index (χ0n) is 9.81. The summed E-state index contributed by atoms with van der Waals surface area (Å²) in [5.74, 6) is -0.656. The maximum atomic E-state index is 12.2. The number of ether oxygens (including phenoxy) is 1. The van der Waals surface area contributed by atoms with Crippen molar-refractivity contribution < 1.29 is 19.2 Å². The molecule has 0 spiro atoms. The fourth-order valence-corrected chi connectivity index (χ4v) is 2.19. The van der Waals surface area contributed by atoms with Crippen LogP contribution in [-0.2, 0) is 4.79 Å². The van der Waals surface area contributed by atoms with Gasteiger partial charge in [0.05, 0.1) is 4.92 Å². The van der Waals surface area contributed by atoms with Crippen LogP contribution in [0.15, 0.2) is 24.3 Å². The molecule has 0 aliphatic heterocycles. The Morgan fingerprint density at radius 3 is 2.60 bits per heavy atom. The second-order valence-corrected chi connectivity index (χ2v) is 4.56. The quantitative estimate of drug-likeness (QED) is 0.382. The van der Waals surface area contributed by atoms with Crippen molar-refractivity contribution in [2.45, 2.75) is 0 Å². The highest BCUT2D eigenvalue weighted by atomic mass is 32.1. The summed E-state index contributed by atoms with van der Waals surface area (Å²) in [5, 5.41) is 10.6. The van der Waals surface area contributed by atoms with Crippen LogP contribution in [0.2, 0.25) is 0 Å². The molecule has 2 aromatic rings. The largest absolute Gasteiger partial charge is 0.408 e. The van der Waals surface area contributed by atoms with E-state index in [9.17, 15) is 19.7 Å². The van der Waals surface area contributed by atoms with E-state index in [1.807, 2.05) is 0 Å². The van der Waals surface area contributed by atoms with Gasteiger partial charge < -0.3 is 10.5 Å². The second kappa shape index (κ2) is 5.45. The lowest BCUT2D eigenvalue weighted by Gasteiger charge is -1.99. The number of rotatable bonds is 5. The van der Waals surface area contributed by atoms with E-state index in [4.69, 9.17) is 5.73 Å². The van der Waals surface area contributed by atoms with E-state index in [-0.39, 0.29) is 33.6 Å². The van der Waals surface area contributed by atoms with E-state index in [0.717, 1.165) is 11.3 Å². The topological polar surface area (TPSA) is 125 Å². The van der Waals surface area contributed by atoms with Crippen molar-refractivity contribution in [1.29, 1.82) is 0 Å². The molecule has 1 aromatic heterocycles. The molecule has 1 heterocycles. The number of nitrogen functional groups attached to an aromatic ring is 1. The predicted octanol–water partition coefficient (Wildman–Crippen LogP) is 1.40. The summed E-state index contributed by atoms with van der Waals surface area (Å²) in [6.45, 7) is 0.140. The van der Waals surface area contributed by atoms with Crippen molar-refractivity contribution in [3.63, 3.8) is 0 Å². The molecular formula is C11H7N3O5S. The van der Waals surface area contributed by atoms with Gasteiger partial charge in [-0.15, -0.1) is 0 Å². The van der Waals surface area contributed by atoms with Gasteiger partial charge in [0.25, 0.3) is 12.2 Å². The number of aromatic nitrogens is 1. The van der Waals surface area contributed by atoms with Crippen LogP contribution in [0.3, 0.4) is 0 Å². The Balaban J connectivity index is 2.35. The molecule has 0 fully saturated rings. The highest BCUT2D eigenvalue weighted by Gasteiger charge is 2.21. The van der Waals surface area contributed by atoms with Gasteiger partial charge in [0, 0.05) is 17.7 Å². The monoisotopic (exact) mass is 293 g/mol. The molecule has 20 heavy (non-hydrogen) atoms. The number of nitro groups is 1. The van der Waals surface area contributed by atoms with Crippen LogP contribution in [0.1, 0.15) is 15.2 Å². The molecule has 2 N–H and O–H groups in total. The van der Waals surface area contributed by atoms with E-state index in [1.165, 1.54) is 24.3 Å². The van der Waals surface area contributed by atoms with Crippen molar-refractivity contribution in [3.8, 4) is 5.88 Å². The van der Waals surface area contributed by atoms with Gasteiger partial charge in [-0.1, -0.05) is 11.3 Å². The molecule has 102 valence electrons. The zero-order chi connectivity index (χ0) is 14.7. The number of anilines is 1. The molecule has 9 heteroatoms. The number of benzene rings is 1. The number of hydrogen-bond donors (Lipinski definition) is 1. The minimum atomic E-state index is -0.570. The molecular weight excluding hydrogens is 286 g/mol. The smallest absolute Gasteiger partial charge is 0.299 e. The molecule has 2 rings (SSSR count). The number of ketones is 1. The maximum absolute atomic E-state index is 12.2. The van der Waals surface area contributed by atoms with Crippen LogP contribution >= 0.6 is 11.3 Å². The van der Waals surface area contributed by atoms with Gasteiger partial charge in [0.1, 0.15) is 4.88 Å². The van der Waals surface area contributed by atoms with Crippen molar-refractivity contribution in [2.75, 3.05) is 5.73 Å². The van der Waals surface area contributed by atoms with E-state index in [1.54, 1.807) is 0 Å². The van der Waals surface area contributed by atoms with E-state index in [0.29, 0.717) is 0 Å². The van der Waals surface area contributed by atoms with E-state index in [2.05, 4.69) is 9.72 Å². The first kappa shape index (κ1) is 13.6. The average Bonchev–Trinajstić information content (AvgIpc) is 2.79. The van der Waals surface area contributed by atoms with Crippen molar-refractivity contribution in [3.05, 3.63) is 44.8 Å². The zero-order valence-corrected chi connectivity index (χ0v) is 10.6. The van der Waals surface area contributed by atoms with Gasteiger partial charge in [0.15, 0.2) is 5.13 Å². The first-order valence-corrected chi connectivity index (χ1v) is 6.00. The normalized spacial score (nSPS) is 10.0. The van der Waals surface area contributed by atoms with Crippen molar-refractivity contribution >= 4 is 34.4 Å². The number of carbonyl (C=O) groups excluding carboxylic acids is 2. The van der Waals surface area contributed by atoms with Crippen molar-refractivity contribution in [1.82, 2.24) is 4.98 Å². The molecule has 0 atom stereocenters. The molecule has 0 bridgehead atoms. The summed E-state index contributed by atoms with van der Waals surface area (Å²) in [6.07, 6.45) is 0. The number of nitro benzene ring substituents is 1. The summed E-state index contributed by atoms with van der Waals surface area (Å²) < 4.78 is 4.57. The third-order valence-electron chi connectivity index (χ3n) is 2.32. The fourth-order valence-electron chi connectivity index (χ4n) is 1.46. The molecule has 0 aliphatic rings. The SMILES string of the molecule is Nc1nc(OC=O)c(C(=O)c2ccc([N+](=O)[O-])cc2)s1. The first-order valence-electron chi connectivity index (χ1n) is 5.18. The first-order chi connectivity index (χ1) is 9.52. The Kier molecular flexibility index (Phi) is 3.71. The number of thiazole rings is 1. The molecule has 0 aliphatic carbocycles.